The predicted octanol–water partition coefficient (Wildman–Crippen LogP) is -0.186. The molecule has 0 aromatic carbocycles. The monoisotopic (exact) mass is 253 g/mol. The fourth-order valence-electron chi connectivity index (χ4n) is 1.46. The molecule has 18 heavy (non-hydrogen) atoms. The Kier molecular flexibility index (Phi) is 2.58. The second kappa shape index (κ2) is 3.84. The third-order valence-electron chi connectivity index (χ3n) is 2.39. The number of aliphatic hydroxyl groups is 1. The van der Waals surface area contributed by atoms with Gasteiger partial charge in [0.2, 0.25) is 5.96 Å². The molecule has 96 valence electrons. The van der Waals surface area contributed by atoms with E-state index >= 15 is 0 Å². The van der Waals surface area contributed by atoms with Crippen LogP contribution in [0.4, 0.5) is 5.82 Å². The van der Waals surface area contributed by atoms with Crippen LogP contribution in [-0.4, -0.2) is 44.5 Å². The first kappa shape index (κ1) is 12.1. The molecule has 1 aliphatic rings. The molecular formula is C8H11N7O3. The summed E-state index contributed by atoms with van der Waals surface area (Å²) < 4.78 is 1.11. The number of hydrogen-bond donors (Lipinski definition) is 1. The van der Waals surface area contributed by atoms with Crippen molar-refractivity contribution in [2.24, 2.45) is 22.3 Å². The number of nitrogens with zero attached hydrogens (tertiary/aromatic N) is 7. The molecule has 1 aliphatic heterocycles. The Labute approximate surface area is 101 Å². The summed E-state index contributed by atoms with van der Waals surface area (Å²) in [7, 11) is 4.77. The van der Waals surface area contributed by atoms with Crippen molar-refractivity contribution in [3.05, 3.63) is 22.1 Å². The van der Waals surface area contributed by atoms with Gasteiger partial charge in [-0.1, -0.05) is 0 Å². The van der Waals surface area contributed by atoms with Crippen molar-refractivity contribution in [1.82, 2.24) is 14.5 Å². The Hall–Kier alpha value is -2.36. The van der Waals surface area contributed by atoms with Crippen LogP contribution in [0.5, 0.6) is 0 Å². The van der Waals surface area contributed by atoms with Gasteiger partial charge in [0, 0.05) is 14.1 Å². The lowest BCUT2D eigenvalue weighted by Crippen LogP contribution is -2.25. The van der Waals surface area contributed by atoms with Crippen LogP contribution in [0.1, 0.15) is 5.82 Å². The number of imidazole rings is 1. The van der Waals surface area contributed by atoms with Gasteiger partial charge in [-0.25, -0.2) is 9.55 Å². The first-order chi connectivity index (χ1) is 8.35. The fourth-order valence-corrected chi connectivity index (χ4v) is 1.46. The smallest absolute Gasteiger partial charge is 0.358 e. The maximum absolute atomic E-state index is 10.7. The number of aliphatic imine (C=N–C) groups is 1. The number of azo groups is 1. The average molecular weight is 253 g/mol. The van der Waals surface area contributed by atoms with Crippen molar-refractivity contribution >= 4 is 11.8 Å². The molecule has 1 atom stereocenters. The van der Waals surface area contributed by atoms with Gasteiger partial charge in [-0.15, -0.1) is 10.2 Å². The van der Waals surface area contributed by atoms with E-state index in [1.54, 1.807) is 19.0 Å². The molecule has 10 nitrogen and oxygen atoms in total. The van der Waals surface area contributed by atoms with Crippen LogP contribution in [0.3, 0.4) is 0 Å². The van der Waals surface area contributed by atoms with E-state index in [4.69, 9.17) is 0 Å². The number of hydrogen-bond acceptors (Lipinski definition) is 8. The lowest BCUT2D eigenvalue weighted by molar-refractivity contribution is -0.392. The van der Waals surface area contributed by atoms with Crippen molar-refractivity contribution < 1.29 is 10.0 Å². The molecule has 0 saturated heterocycles. The summed E-state index contributed by atoms with van der Waals surface area (Å²) >= 11 is 0. The molecule has 0 aliphatic carbocycles. The molecule has 0 radical (unpaired) electrons. The summed E-state index contributed by atoms with van der Waals surface area (Å²) in [5.41, 5.74) is 0. The zero-order valence-electron chi connectivity index (χ0n) is 9.97. The minimum Gasteiger partial charge on any atom is -0.358 e. The normalized spacial score (nSPS) is 22.1. The molecule has 0 spiro atoms. The minimum absolute atomic E-state index is 0.0604. The zero-order chi connectivity index (χ0) is 13.5. The van der Waals surface area contributed by atoms with Crippen LogP contribution in [0.2, 0.25) is 0 Å². The van der Waals surface area contributed by atoms with E-state index in [1.807, 2.05) is 0 Å². The highest BCUT2D eigenvalue weighted by Crippen LogP contribution is 2.30. The summed E-state index contributed by atoms with van der Waals surface area (Å²) in [6.07, 6.45) is 1.03. The topological polar surface area (TPSA) is 122 Å². The van der Waals surface area contributed by atoms with Gasteiger partial charge < -0.3 is 20.1 Å². The van der Waals surface area contributed by atoms with Crippen LogP contribution < -0.4 is 0 Å². The van der Waals surface area contributed by atoms with Gasteiger partial charge in [-0.05, 0) is 4.92 Å². The highest BCUT2D eigenvalue weighted by molar-refractivity contribution is 5.81. The number of aromatic nitrogens is 2. The van der Waals surface area contributed by atoms with E-state index in [9.17, 15) is 15.2 Å². The van der Waals surface area contributed by atoms with Gasteiger partial charge >= 0.3 is 11.7 Å². The molecule has 0 fully saturated rings. The average Bonchev–Trinajstić information content (AvgIpc) is 2.83. The van der Waals surface area contributed by atoms with Gasteiger partial charge in [0.15, 0.2) is 0 Å². The van der Waals surface area contributed by atoms with Gasteiger partial charge in [0.25, 0.3) is 5.82 Å². The molecule has 1 N–H and O–H groups in total. The Bertz CT molecular complexity index is 561. The van der Waals surface area contributed by atoms with Gasteiger partial charge in [-0.2, -0.15) is 4.99 Å². The van der Waals surface area contributed by atoms with E-state index in [2.05, 4.69) is 20.2 Å². The van der Waals surface area contributed by atoms with Crippen LogP contribution >= 0.6 is 0 Å². The van der Waals surface area contributed by atoms with Gasteiger partial charge in [0.1, 0.15) is 6.20 Å². The summed E-state index contributed by atoms with van der Waals surface area (Å²) in [5, 5.41) is 28.2. The second-order valence-electron chi connectivity index (χ2n) is 3.90. The second-order valence-corrected chi connectivity index (χ2v) is 3.90. The van der Waals surface area contributed by atoms with E-state index < -0.39 is 10.8 Å². The molecule has 10 heteroatoms. The maximum Gasteiger partial charge on any atom is 0.359 e. The molecule has 0 saturated carbocycles. The van der Waals surface area contributed by atoms with Gasteiger partial charge in [-0.3, -0.25) is 0 Å². The maximum atomic E-state index is 10.7. The summed E-state index contributed by atoms with van der Waals surface area (Å²) in [6.45, 7) is 0. The lowest BCUT2D eigenvalue weighted by Gasteiger charge is -2.11. The van der Waals surface area contributed by atoms with Crippen LogP contribution in [0, 0.1) is 10.1 Å². The Balaban J connectivity index is 2.45. The predicted molar refractivity (Wildman–Crippen MR) is 59.7 cm³/mol. The van der Waals surface area contributed by atoms with E-state index in [1.165, 1.54) is 7.05 Å². The standard InChI is InChI=1S/C8H11N7O3/c1-13(2)7-10-8(16,12-11-7)6-9-4-5(14(6)3)15(17)18/h4,16H,1-3H3. The fraction of sp³-hybridized carbons (Fsp3) is 0.500. The van der Waals surface area contributed by atoms with Crippen LogP contribution in [-0.2, 0) is 12.9 Å². The van der Waals surface area contributed by atoms with Gasteiger partial charge in [0.05, 0.1) is 7.05 Å². The van der Waals surface area contributed by atoms with Crippen molar-refractivity contribution in [1.29, 1.82) is 0 Å². The van der Waals surface area contributed by atoms with Crippen molar-refractivity contribution in [2.75, 3.05) is 14.1 Å². The Morgan fingerprint density at radius 3 is 2.67 bits per heavy atom. The van der Waals surface area contributed by atoms with Crippen molar-refractivity contribution in [3.8, 4) is 0 Å². The van der Waals surface area contributed by atoms with Crippen molar-refractivity contribution in [2.45, 2.75) is 5.85 Å². The highest BCUT2D eigenvalue weighted by Gasteiger charge is 2.42. The molecule has 0 bridgehead atoms. The van der Waals surface area contributed by atoms with Crippen LogP contribution in [0.25, 0.3) is 0 Å². The van der Waals surface area contributed by atoms with Crippen molar-refractivity contribution in [3.63, 3.8) is 0 Å². The molecule has 1 unspecified atom stereocenters. The molecule has 2 rings (SSSR count). The first-order valence-corrected chi connectivity index (χ1v) is 4.94. The molecule has 2 heterocycles. The van der Waals surface area contributed by atoms with E-state index in [-0.39, 0.29) is 17.6 Å². The number of nitro groups is 1. The first-order valence-electron chi connectivity index (χ1n) is 4.94. The Morgan fingerprint density at radius 2 is 2.22 bits per heavy atom. The quantitative estimate of drug-likeness (QED) is 0.578. The third-order valence-corrected chi connectivity index (χ3v) is 2.39. The molecule has 1 aromatic rings. The van der Waals surface area contributed by atoms with Crippen LogP contribution in [0.15, 0.2) is 21.4 Å². The zero-order valence-corrected chi connectivity index (χ0v) is 9.97. The molecule has 0 amide bonds. The number of guanidine groups is 1. The van der Waals surface area contributed by atoms with E-state index in [0.717, 1.165) is 10.8 Å². The minimum atomic E-state index is -2.01. The summed E-state index contributed by atoms with van der Waals surface area (Å²) in [6, 6.07) is 0. The molecular weight excluding hydrogens is 242 g/mol. The summed E-state index contributed by atoms with van der Waals surface area (Å²) in [4.78, 5) is 19.3. The summed E-state index contributed by atoms with van der Waals surface area (Å²) in [5.74, 6) is -2.12. The third kappa shape index (κ3) is 1.72. The number of rotatable bonds is 2. The molecule has 1 aromatic heterocycles. The Morgan fingerprint density at radius 1 is 1.56 bits per heavy atom. The highest BCUT2D eigenvalue weighted by atomic mass is 16.6. The SMILES string of the molecule is CN(C)C1=NC(O)(c2ncc([N+](=O)[O-])n2C)N=N1. The largest absolute Gasteiger partial charge is 0.359 e. The lowest BCUT2D eigenvalue weighted by atomic mass is 10.4. The van der Waals surface area contributed by atoms with E-state index in [0.29, 0.717) is 0 Å².